The summed E-state index contributed by atoms with van der Waals surface area (Å²) in [6.07, 6.45) is 0. The van der Waals surface area contributed by atoms with Crippen molar-refractivity contribution >= 4 is 34.2 Å². The van der Waals surface area contributed by atoms with Crippen molar-refractivity contribution in [1.82, 2.24) is 10.2 Å². The van der Waals surface area contributed by atoms with E-state index in [1.807, 2.05) is 13.8 Å². The topological polar surface area (TPSA) is 32.3 Å². The van der Waals surface area contributed by atoms with Gasteiger partial charge in [-0.25, -0.2) is 8.78 Å². The van der Waals surface area contributed by atoms with Gasteiger partial charge in [-0.1, -0.05) is 0 Å². The highest BCUT2D eigenvalue weighted by atomic mass is 79.9. The summed E-state index contributed by atoms with van der Waals surface area (Å²) in [5, 5.41) is 3.31. The second-order valence-corrected chi connectivity index (χ2v) is 5.78. The highest BCUT2D eigenvalue weighted by Crippen LogP contribution is 2.23. The van der Waals surface area contributed by atoms with Gasteiger partial charge in [-0.2, -0.15) is 0 Å². The summed E-state index contributed by atoms with van der Waals surface area (Å²) < 4.78 is 26.6. The molecule has 1 heterocycles. The van der Waals surface area contributed by atoms with Gasteiger partial charge in [0.05, 0.1) is 5.56 Å². The predicted octanol–water partition coefficient (Wildman–Crippen LogP) is 2.97. The summed E-state index contributed by atoms with van der Waals surface area (Å²) >= 11 is 3.11. The fourth-order valence-electron chi connectivity index (χ4n) is 2.35. The molecule has 0 bridgehead atoms. The lowest BCUT2D eigenvalue weighted by Crippen LogP contribution is -2.55. The number of carbonyl (C=O) groups excluding carboxylic acids is 1. The number of amides is 1. The average molecular weight is 370 g/mol. The Kier molecular flexibility index (Phi) is 5.91. The Morgan fingerprint density at radius 1 is 1.25 bits per heavy atom. The Bertz CT molecular complexity index is 505. The van der Waals surface area contributed by atoms with Gasteiger partial charge in [0.2, 0.25) is 0 Å². The molecule has 0 radical (unpaired) electrons. The maximum absolute atomic E-state index is 13.3. The number of rotatable bonds is 1. The van der Waals surface area contributed by atoms with Gasteiger partial charge >= 0.3 is 0 Å². The summed E-state index contributed by atoms with van der Waals surface area (Å²) in [5.41, 5.74) is 0.153. The van der Waals surface area contributed by atoms with E-state index in [0.29, 0.717) is 13.1 Å². The molecule has 1 saturated heterocycles. The number of hydrogen-bond donors (Lipinski definition) is 1. The molecule has 2 unspecified atom stereocenters. The van der Waals surface area contributed by atoms with Gasteiger partial charge in [-0.3, -0.25) is 4.79 Å². The molecular weight excluding hydrogens is 354 g/mol. The van der Waals surface area contributed by atoms with Crippen molar-refractivity contribution in [2.45, 2.75) is 25.9 Å². The first-order valence-electron chi connectivity index (χ1n) is 6.08. The van der Waals surface area contributed by atoms with Crippen LogP contribution < -0.4 is 5.32 Å². The normalized spacial score (nSPS) is 22.4. The van der Waals surface area contributed by atoms with E-state index in [1.54, 1.807) is 4.90 Å². The van der Waals surface area contributed by atoms with Gasteiger partial charge in [-0.15, -0.1) is 12.4 Å². The van der Waals surface area contributed by atoms with Crippen LogP contribution in [0.5, 0.6) is 0 Å². The van der Waals surface area contributed by atoms with Crippen molar-refractivity contribution in [3.8, 4) is 0 Å². The summed E-state index contributed by atoms with van der Waals surface area (Å²) in [6.45, 7) is 5.07. The minimum absolute atomic E-state index is 0. The number of benzene rings is 1. The van der Waals surface area contributed by atoms with Crippen LogP contribution in [0, 0.1) is 11.6 Å². The molecule has 0 aromatic heterocycles. The standard InChI is InChI=1S/C13H15BrF2N2O.ClH/c1-7-5-18(6-8(2)17-7)13(19)9-3-11(15)12(16)4-10(9)14;/h3-4,7-8,17H,5-6H2,1-2H3;1H. The van der Waals surface area contributed by atoms with Gasteiger partial charge < -0.3 is 10.2 Å². The molecule has 0 spiro atoms. The molecule has 112 valence electrons. The quantitative estimate of drug-likeness (QED) is 0.772. The van der Waals surface area contributed by atoms with Crippen LogP contribution in [-0.4, -0.2) is 36.0 Å². The van der Waals surface area contributed by atoms with Gasteiger partial charge in [0.1, 0.15) is 0 Å². The molecule has 0 aliphatic carbocycles. The molecule has 0 saturated carbocycles. The zero-order valence-corrected chi connectivity index (χ0v) is 13.5. The second kappa shape index (κ2) is 6.83. The molecule has 1 aliphatic heterocycles. The first-order valence-corrected chi connectivity index (χ1v) is 6.87. The van der Waals surface area contributed by atoms with E-state index in [2.05, 4.69) is 21.2 Å². The van der Waals surface area contributed by atoms with Crippen LogP contribution in [0.2, 0.25) is 0 Å². The lowest BCUT2D eigenvalue weighted by molar-refractivity contribution is 0.0672. The van der Waals surface area contributed by atoms with E-state index < -0.39 is 11.6 Å². The van der Waals surface area contributed by atoms with Crippen LogP contribution in [-0.2, 0) is 0 Å². The SMILES string of the molecule is CC1CN(C(=O)c2cc(F)c(F)cc2Br)CC(C)N1.Cl. The van der Waals surface area contributed by atoms with Gasteiger partial charge in [0.25, 0.3) is 5.91 Å². The third kappa shape index (κ3) is 3.68. The molecule has 20 heavy (non-hydrogen) atoms. The molecule has 1 aromatic rings. The number of nitrogens with zero attached hydrogens (tertiary/aromatic N) is 1. The van der Waals surface area contributed by atoms with Gasteiger partial charge in [0, 0.05) is 29.6 Å². The predicted molar refractivity (Wildman–Crippen MR) is 79.3 cm³/mol. The fourth-order valence-corrected chi connectivity index (χ4v) is 2.83. The molecule has 7 heteroatoms. The van der Waals surface area contributed by atoms with Crippen LogP contribution in [0.25, 0.3) is 0 Å². The first kappa shape index (κ1) is 17.3. The van der Waals surface area contributed by atoms with Crippen LogP contribution >= 0.6 is 28.3 Å². The minimum atomic E-state index is -1.01. The molecular formula is C13H16BrClF2N2O. The molecule has 1 aromatic carbocycles. The highest BCUT2D eigenvalue weighted by molar-refractivity contribution is 9.10. The Hall–Kier alpha value is -0.720. The van der Waals surface area contributed by atoms with Crippen LogP contribution in [0.1, 0.15) is 24.2 Å². The van der Waals surface area contributed by atoms with E-state index in [4.69, 9.17) is 0 Å². The average Bonchev–Trinajstić information content (AvgIpc) is 2.31. The van der Waals surface area contributed by atoms with Crippen molar-refractivity contribution in [1.29, 1.82) is 0 Å². The minimum Gasteiger partial charge on any atom is -0.336 e. The number of nitrogens with one attached hydrogen (secondary N) is 1. The Labute approximate surface area is 131 Å². The monoisotopic (exact) mass is 368 g/mol. The molecule has 1 aliphatic rings. The van der Waals surface area contributed by atoms with Crippen molar-refractivity contribution in [2.75, 3.05) is 13.1 Å². The molecule has 2 rings (SSSR count). The molecule has 1 amide bonds. The van der Waals surface area contributed by atoms with Crippen molar-refractivity contribution in [3.63, 3.8) is 0 Å². The van der Waals surface area contributed by atoms with E-state index in [-0.39, 0.29) is 40.4 Å². The smallest absolute Gasteiger partial charge is 0.255 e. The van der Waals surface area contributed by atoms with E-state index in [1.165, 1.54) is 0 Å². The van der Waals surface area contributed by atoms with Crippen molar-refractivity contribution < 1.29 is 13.6 Å². The van der Waals surface area contributed by atoms with E-state index in [9.17, 15) is 13.6 Å². The number of halogens is 4. The lowest BCUT2D eigenvalue weighted by Gasteiger charge is -2.36. The summed E-state index contributed by atoms with van der Waals surface area (Å²) in [4.78, 5) is 14.0. The molecule has 1 fully saturated rings. The number of hydrogen-bond acceptors (Lipinski definition) is 2. The Morgan fingerprint density at radius 3 is 2.30 bits per heavy atom. The van der Waals surface area contributed by atoms with E-state index >= 15 is 0 Å². The Balaban J connectivity index is 0.00000200. The maximum Gasteiger partial charge on any atom is 0.255 e. The summed E-state index contributed by atoms with van der Waals surface area (Å²) in [6, 6.07) is 2.28. The molecule has 2 atom stereocenters. The third-order valence-electron chi connectivity index (χ3n) is 3.09. The lowest BCUT2D eigenvalue weighted by atomic mass is 10.1. The Morgan fingerprint density at radius 2 is 1.75 bits per heavy atom. The highest BCUT2D eigenvalue weighted by Gasteiger charge is 2.27. The number of piperazine rings is 1. The summed E-state index contributed by atoms with van der Waals surface area (Å²) in [5.74, 6) is -2.26. The zero-order chi connectivity index (χ0) is 14.2. The largest absolute Gasteiger partial charge is 0.336 e. The van der Waals surface area contributed by atoms with Crippen LogP contribution in [0.3, 0.4) is 0 Å². The van der Waals surface area contributed by atoms with E-state index in [0.717, 1.165) is 12.1 Å². The third-order valence-corrected chi connectivity index (χ3v) is 3.74. The fraction of sp³-hybridized carbons (Fsp3) is 0.462. The van der Waals surface area contributed by atoms with Crippen molar-refractivity contribution in [2.24, 2.45) is 0 Å². The molecule has 1 N–H and O–H groups in total. The van der Waals surface area contributed by atoms with Crippen LogP contribution in [0.4, 0.5) is 8.78 Å². The second-order valence-electron chi connectivity index (χ2n) is 4.93. The number of carbonyl (C=O) groups is 1. The first-order chi connectivity index (χ1) is 8.88. The summed E-state index contributed by atoms with van der Waals surface area (Å²) in [7, 11) is 0. The van der Waals surface area contributed by atoms with Gasteiger partial charge in [0.15, 0.2) is 11.6 Å². The molecule has 3 nitrogen and oxygen atoms in total. The maximum atomic E-state index is 13.3. The zero-order valence-electron chi connectivity index (χ0n) is 11.1. The van der Waals surface area contributed by atoms with Gasteiger partial charge in [-0.05, 0) is 41.9 Å². The van der Waals surface area contributed by atoms with Crippen LogP contribution in [0.15, 0.2) is 16.6 Å². The van der Waals surface area contributed by atoms with Crippen molar-refractivity contribution in [3.05, 3.63) is 33.8 Å².